The quantitative estimate of drug-likeness (QED) is 0.0470. The van der Waals surface area contributed by atoms with Crippen molar-refractivity contribution < 1.29 is 34.2 Å². The van der Waals surface area contributed by atoms with Gasteiger partial charge in [-0.25, -0.2) is 4.79 Å². The summed E-state index contributed by atoms with van der Waals surface area (Å²) in [6, 6.07) is 3.90. The third-order valence-electron chi connectivity index (χ3n) is 6.06. The van der Waals surface area contributed by atoms with Crippen molar-refractivity contribution in [2.24, 2.45) is 27.9 Å². The summed E-state index contributed by atoms with van der Waals surface area (Å²) in [6.07, 6.45) is 1.14. The summed E-state index contributed by atoms with van der Waals surface area (Å²) in [6.45, 7) is 0.591. The first-order valence-electron chi connectivity index (χ1n) is 13.3. The highest BCUT2D eigenvalue weighted by Crippen LogP contribution is 2.08. The zero-order valence-corrected chi connectivity index (χ0v) is 23.0. The van der Waals surface area contributed by atoms with Crippen LogP contribution in [-0.2, 0) is 30.4 Å². The maximum absolute atomic E-state index is 13.3. The van der Waals surface area contributed by atoms with Crippen molar-refractivity contribution in [2.45, 2.75) is 75.5 Å². The van der Waals surface area contributed by atoms with Crippen LogP contribution in [0.5, 0.6) is 0 Å². The summed E-state index contributed by atoms with van der Waals surface area (Å²) in [5, 5.41) is 26.2. The van der Waals surface area contributed by atoms with Gasteiger partial charge in [-0.3, -0.25) is 24.2 Å². The van der Waals surface area contributed by atoms with Crippen LogP contribution in [0.1, 0.15) is 50.5 Å². The Morgan fingerprint density at radius 2 is 1.39 bits per heavy atom. The van der Waals surface area contributed by atoms with Gasteiger partial charge in [-0.2, -0.15) is 0 Å². The molecule has 0 radical (unpaired) electrons. The fourth-order valence-electron chi connectivity index (χ4n) is 3.82. The number of rotatable bonds is 20. The molecular weight excluding hydrogens is 536 g/mol. The van der Waals surface area contributed by atoms with Gasteiger partial charge >= 0.3 is 11.9 Å². The molecule has 1 rings (SSSR count). The molecule has 4 unspecified atom stereocenters. The van der Waals surface area contributed by atoms with E-state index in [9.17, 15) is 29.1 Å². The second kappa shape index (κ2) is 18.9. The maximum atomic E-state index is 13.3. The number of nitrogens with two attached hydrogens (primary N) is 4. The van der Waals surface area contributed by atoms with Gasteiger partial charge in [0.25, 0.3) is 0 Å². The molecule has 3 amide bonds. The lowest BCUT2D eigenvalue weighted by Gasteiger charge is -2.25. The Bertz CT molecular complexity index is 1030. The first kappa shape index (κ1) is 34.8. The third kappa shape index (κ3) is 14.6. The smallest absolute Gasteiger partial charge is 0.326 e. The minimum absolute atomic E-state index is 0.00302. The standard InChI is InChI=1S/C26H42N8O7/c27-13-5-4-9-17(28)22(37)32-18(11-12-21(35)36)23(38)34-20(15-16-7-2-1-3-8-16)24(39)33-19(25(40)41)10-6-14-31-26(29)30/h1-3,7-8,17-20H,4-6,9-15,27-28H2,(H,32,37)(H,33,39)(H,34,38)(H,35,36)(H,40,41)(H4,29,30,31). The predicted octanol–water partition coefficient (Wildman–Crippen LogP) is -1.86. The summed E-state index contributed by atoms with van der Waals surface area (Å²) in [5.41, 5.74) is 22.6. The highest BCUT2D eigenvalue weighted by Gasteiger charge is 2.30. The summed E-state index contributed by atoms with van der Waals surface area (Å²) in [4.78, 5) is 65.9. The molecule has 0 aromatic heterocycles. The fourth-order valence-corrected chi connectivity index (χ4v) is 3.82. The van der Waals surface area contributed by atoms with Gasteiger partial charge in [-0.15, -0.1) is 0 Å². The van der Waals surface area contributed by atoms with Crippen LogP contribution in [-0.4, -0.2) is 83.1 Å². The first-order valence-corrected chi connectivity index (χ1v) is 13.3. The molecule has 0 fully saturated rings. The number of hydrogen-bond acceptors (Lipinski definition) is 8. The molecule has 4 atom stereocenters. The number of aliphatic imine (C=N–C) groups is 1. The fraction of sp³-hybridized carbons (Fsp3) is 0.538. The molecule has 1 aromatic carbocycles. The Morgan fingerprint density at radius 3 is 1.98 bits per heavy atom. The summed E-state index contributed by atoms with van der Waals surface area (Å²) < 4.78 is 0. The van der Waals surface area contributed by atoms with E-state index >= 15 is 0 Å². The molecule has 0 heterocycles. The van der Waals surface area contributed by atoms with Gasteiger partial charge in [0.1, 0.15) is 18.1 Å². The van der Waals surface area contributed by atoms with Crippen LogP contribution in [0.3, 0.4) is 0 Å². The SMILES string of the molecule is NCCCCC(N)C(=O)NC(CCC(=O)O)C(=O)NC(Cc1ccccc1)C(=O)NC(CCCN=C(N)N)C(=O)O. The molecule has 41 heavy (non-hydrogen) atoms. The van der Waals surface area contributed by atoms with E-state index in [0.717, 1.165) is 0 Å². The van der Waals surface area contributed by atoms with Gasteiger partial charge in [0.15, 0.2) is 5.96 Å². The average Bonchev–Trinajstić information content (AvgIpc) is 2.92. The maximum Gasteiger partial charge on any atom is 0.326 e. The Kier molecular flexibility index (Phi) is 16.1. The molecule has 15 heteroatoms. The zero-order valence-electron chi connectivity index (χ0n) is 23.0. The molecule has 1 aromatic rings. The Morgan fingerprint density at radius 1 is 0.780 bits per heavy atom. The largest absolute Gasteiger partial charge is 0.481 e. The van der Waals surface area contributed by atoms with E-state index in [1.54, 1.807) is 30.3 Å². The lowest BCUT2D eigenvalue weighted by atomic mass is 10.0. The van der Waals surface area contributed by atoms with E-state index in [1.165, 1.54) is 0 Å². The van der Waals surface area contributed by atoms with Crippen molar-refractivity contribution in [1.82, 2.24) is 16.0 Å². The topological polar surface area (TPSA) is 278 Å². The van der Waals surface area contributed by atoms with Gasteiger partial charge in [0.05, 0.1) is 6.04 Å². The van der Waals surface area contributed by atoms with Crippen molar-refractivity contribution in [3.05, 3.63) is 35.9 Å². The van der Waals surface area contributed by atoms with Crippen molar-refractivity contribution in [3.8, 4) is 0 Å². The number of nitrogens with one attached hydrogen (secondary N) is 3. The number of carboxylic acids is 2. The third-order valence-corrected chi connectivity index (χ3v) is 6.06. The number of nitrogens with zero attached hydrogens (tertiary/aromatic N) is 1. The number of aliphatic carboxylic acids is 2. The van der Waals surface area contributed by atoms with Gasteiger partial charge in [0.2, 0.25) is 17.7 Å². The summed E-state index contributed by atoms with van der Waals surface area (Å²) in [7, 11) is 0. The van der Waals surface area contributed by atoms with Gasteiger partial charge in [-0.05, 0) is 44.2 Å². The summed E-state index contributed by atoms with van der Waals surface area (Å²) >= 11 is 0. The zero-order chi connectivity index (χ0) is 30.8. The lowest BCUT2D eigenvalue weighted by Crippen LogP contribution is -2.57. The van der Waals surface area contributed by atoms with Crippen LogP contribution in [0.2, 0.25) is 0 Å². The van der Waals surface area contributed by atoms with Crippen LogP contribution in [0.25, 0.3) is 0 Å². The van der Waals surface area contributed by atoms with Crippen LogP contribution >= 0.6 is 0 Å². The Labute approximate surface area is 238 Å². The van der Waals surface area contributed by atoms with E-state index in [2.05, 4.69) is 20.9 Å². The molecule has 0 spiro atoms. The van der Waals surface area contributed by atoms with E-state index < -0.39 is 60.2 Å². The number of guanidine groups is 1. The Hall–Kier alpha value is -4.24. The molecule has 0 saturated heterocycles. The number of carboxylic acid groups (broad SMARTS) is 2. The van der Waals surface area contributed by atoms with Gasteiger partial charge < -0.3 is 49.1 Å². The van der Waals surface area contributed by atoms with Gasteiger partial charge in [0, 0.05) is 19.4 Å². The Balaban J connectivity index is 3.09. The molecule has 13 N–H and O–H groups in total. The van der Waals surface area contributed by atoms with Crippen LogP contribution < -0.4 is 38.9 Å². The number of benzene rings is 1. The molecule has 0 aliphatic rings. The number of unbranched alkanes of at least 4 members (excludes halogenated alkanes) is 1. The van der Waals surface area contributed by atoms with Crippen molar-refractivity contribution in [3.63, 3.8) is 0 Å². The number of carbonyl (C=O) groups is 5. The van der Waals surface area contributed by atoms with Crippen LogP contribution in [0, 0.1) is 0 Å². The second-order valence-electron chi connectivity index (χ2n) is 9.48. The highest BCUT2D eigenvalue weighted by molar-refractivity contribution is 5.94. The number of carbonyl (C=O) groups excluding carboxylic acids is 3. The van der Waals surface area contributed by atoms with E-state index in [1.807, 2.05) is 0 Å². The molecule has 228 valence electrons. The molecule has 0 bridgehead atoms. The van der Waals surface area contributed by atoms with Crippen molar-refractivity contribution in [1.29, 1.82) is 0 Å². The van der Waals surface area contributed by atoms with Crippen molar-refractivity contribution in [2.75, 3.05) is 13.1 Å². The number of amides is 3. The minimum Gasteiger partial charge on any atom is -0.481 e. The van der Waals surface area contributed by atoms with E-state index in [0.29, 0.717) is 31.4 Å². The minimum atomic E-state index is -1.31. The molecule has 0 aliphatic heterocycles. The predicted molar refractivity (Wildman–Crippen MR) is 151 cm³/mol. The van der Waals surface area contributed by atoms with Gasteiger partial charge in [-0.1, -0.05) is 36.8 Å². The monoisotopic (exact) mass is 578 g/mol. The molecule has 0 aliphatic carbocycles. The molecule has 0 saturated carbocycles. The normalized spacial score (nSPS) is 13.6. The van der Waals surface area contributed by atoms with Crippen LogP contribution in [0.15, 0.2) is 35.3 Å². The van der Waals surface area contributed by atoms with Crippen molar-refractivity contribution >= 4 is 35.6 Å². The van der Waals surface area contributed by atoms with E-state index in [-0.39, 0.29) is 38.2 Å². The highest BCUT2D eigenvalue weighted by atomic mass is 16.4. The first-order chi connectivity index (χ1) is 19.4. The van der Waals surface area contributed by atoms with E-state index in [4.69, 9.17) is 28.0 Å². The number of hydrogen-bond donors (Lipinski definition) is 9. The van der Waals surface area contributed by atoms with Crippen LogP contribution in [0.4, 0.5) is 0 Å². The second-order valence-corrected chi connectivity index (χ2v) is 9.48. The summed E-state index contributed by atoms with van der Waals surface area (Å²) in [5.74, 6) is -4.87. The molecule has 15 nitrogen and oxygen atoms in total. The average molecular weight is 579 g/mol. The lowest BCUT2D eigenvalue weighted by molar-refractivity contribution is -0.142. The molecular formula is C26H42N8O7.